The van der Waals surface area contributed by atoms with Crippen molar-refractivity contribution in [2.75, 3.05) is 26.2 Å². The Hall–Kier alpha value is -3.12. The van der Waals surface area contributed by atoms with Crippen molar-refractivity contribution >= 4 is 23.2 Å². The third-order valence-corrected chi connectivity index (χ3v) is 7.54. The molecule has 0 saturated heterocycles. The molecule has 0 saturated carbocycles. The van der Waals surface area contributed by atoms with E-state index in [1.807, 2.05) is 62.1 Å². The molecule has 0 N–H and O–H groups in total. The van der Waals surface area contributed by atoms with E-state index in [0.717, 1.165) is 35.3 Å². The Morgan fingerprint density at radius 2 is 1.80 bits per heavy atom. The number of rotatable bonds is 8. The summed E-state index contributed by atoms with van der Waals surface area (Å²) in [5.74, 6) is 0.703. The molecule has 35 heavy (non-hydrogen) atoms. The van der Waals surface area contributed by atoms with Gasteiger partial charge in [0, 0.05) is 23.5 Å². The molecule has 2 heterocycles. The summed E-state index contributed by atoms with van der Waals surface area (Å²) in [6.07, 6.45) is 1.62. The van der Waals surface area contributed by atoms with Crippen LogP contribution in [0.1, 0.15) is 56.9 Å². The quantitative estimate of drug-likeness (QED) is 0.405. The van der Waals surface area contributed by atoms with Crippen LogP contribution in [0.3, 0.4) is 0 Å². The number of fused-ring (bicyclic) bond motifs is 1. The fraction of sp³-hybridized carbons (Fsp3) is 0.379. The van der Waals surface area contributed by atoms with Gasteiger partial charge in [0.25, 0.3) is 5.91 Å². The first-order valence-electron chi connectivity index (χ1n) is 12.3. The van der Waals surface area contributed by atoms with Crippen molar-refractivity contribution in [3.63, 3.8) is 0 Å². The zero-order valence-electron chi connectivity index (χ0n) is 21.0. The highest BCUT2D eigenvalue weighted by Crippen LogP contribution is 2.34. The smallest absolute Gasteiger partial charge is 0.254 e. The maximum Gasteiger partial charge on any atom is 0.254 e. The maximum absolute atomic E-state index is 13.6. The SMILES string of the molecule is CCCN(CC(=O)N1CCc2sccc2[C@H]1COc1ccc(C)cc1C)C(=O)c1ccc(C)cc1. The molecule has 1 atom stereocenters. The molecular weight excluding hydrogens is 456 g/mol. The Kier molecular flexibility index (Phi) is 7.91. The lowest BCUT2D eigenvalue weighted by Crippen LogP contribution is -2.48. The normalized spacial score (nSPS) is 15.0. The number of carbonyl (C=O) groups is 2. The molecule has 0 aliphatic carbocycles. The first-order valence-corrected chi connectivity index (χ1v) is 13.2. The summed E-state index contributed by atoms with van der Waals surface area (Å²) < 4.78 is 6.25. The second kappa shape index (κ2) is 11.1. The lowest BCUT2D eigenvalue weighted by Gasteiger charge is -2.37. The second-order valence-corrected chi connectivity index (χ2v) is 10.3. The molecule has 0 fully saturated rings. The zero-order chi connectivity index (χ0) is 24.9. The zero-order valence-corrected chi connectivity index (χ0v) is 21.9. The number of nitrogens with zero attached hydrogens (tertiary/aromatic N) is 2. The molecule has 0 radical (unpaired) electrons. The number of aryl methyl sites for hydroxylation is 3. The molecule has 0 spiro atoms. The highest BCUT2D eigenvalue weighted by molar-refractivity contribution is 7.10. The predicted octanol–water partition coefficient (Wildman–Crippen LogP) is 5.73. The van der Waals surface area contributed by atoms with E-state index >= 15 is 0 Å². The third-order valence-electron chi connectivity index (χ3n) is 6.55. The van der Waals surface area contributed by atoms with Crippen molar-refractivity contribution in [2.45, 2.75) is 46.6 Å². The first kappa shape index (κ1) is 25.0. The maximum atomic E-state index is 13.6. The van der Waals surface area contributed by atoms with Crippen molar-refractivity contribution in [3.05, 3.63) is 86.6 Å². The van der Waals surface area contributed by atoms with Crippen LogP contribution in [0.25, 0.3) is 0 Å². The van der Waals surface area contributed by atoms with Gasteiger partial charge in [0.15, 0.2) is 0 Å². The van der Waals surface area contributed by atoms with Crippen LogP contribution in [0.4, 0.5) is 0 Å². The molecule has 1 aliphatic rings. The number of ether oxygens (including phenoxy) is 1. The summed E-state index contributed by atoms with van der Waals surface area (Å²) in [6.45, 7) is 9.76. The average Bonchev–Trinajstić information content (AvgIpc) is 3.32. The highest BCUT2D eigenvalue weighted by atomic mass is 32.1. The van der Waals surface area contributed by atoms with Gasteiger partial charge in [0.2, 0.25) is 5.91 Å². The molecule has 1 aromatic heterocycles. The number of hydrogen-bond donors (Lipinski definition) is 0. The molecule has 0 bridgehead atoms. The number of hydrogen-bond acceptors (Lipinski definition) is 4. The van der Waals surface area contributed by atoms with Crippen molar-refractivity contribution in [2.24, 2.45) is 0 Å². The van der Waals surface area contributed by atoms with Crippen LogP contribution in [0.5, 0.6) is 5.75 Å². The molecular formula is C29H34N2O3S. The molecule has 1 aliphatic heterocycles. The standard InChI is InChI=1S/C29H34N2O3S/c1-5-14-30(29(33)23-9-6-20(2)7-10-23)18-28(32)31-15-12-27-24(13-16-35-27)25(31)19-34-26-11-8-21(3)17-22(26)4/h6-11,13,16-17,25H,5,12,14-15,18-19H2,1-4H3/t25-/m1/s1. The molecule has 0 unspecified atom stereocenters. The fourth-order valence-electron chi connectivity index (χ4n) is 4.66. The monoisotopic (exact) mass is 490 g/mol. The van der Waals surface area contributed by atoms with Crippen LogP contribution in [0, 0.1) is 20.8 Å². The number of carbonyl (C=O) groups excluding carboxylic acids is 2. The minimum atomic E-state index is -0.170. The molecule has 4 rings (SSSR count). The summed E-state index contributed by atoms with van der Waals surface area (Å²) in [4.78, 5) is 31.7. The minimum absolute atomic E-state index is 0.0370. The number of benzene rings is 2. The van der Waals surface area contributed by atoms with Crippen LogP contribution in [-0.2, 0) is 11.2 Å². The number of amides is 2. The first-order chi connectivity index (χ1) is 16.9. The van der Waals surface area contributed by atoms with Crippen LogP contribution in [-0.4, -0.2) is 47.9 Å². The molecule has 5 nitrogen and oxygen atoms in total. The van der Waals surface area contributed by atoms with Crippen molar-refractivity contribution in [1.29, 1.82) is 0 Å². The van der Waals surface area contributed by atoms with E-state index in [2.05, 4.69) is 24.4 Å². The largest absolute Gasteiger partial charge is 0.491 e. The topological polar surface area (TPSA) is 49.9 Å². The summed E-state index contributed by atoms with van der Waals surface area (Å²) in [7, 11) is 0. The van der Waals surface area contributed by atoms with Gasteiger partial charge < -0.3 is 14.5 Å². The predicted molar refractivity (Wildman–Crippen MR) is 141 cm³/mol. The van der Waals surface area contributed by atoms with Gasteiger partial charge in [-0.3, -0.25) is 9.59 Å². The van der Waals surface area contributed by atoms with Crippen LogP contribution in [0.2, 0.25) is 0 Å². The summed E-state index contributed by atoms with van der Waals surface area (Å²) in [6, 6.07) is 15.6. The van der Waals surface area contributed by atoms with Gasteiger partial charge in [-0.05, 0) is 74.4 Å². The average molecular weight is 491 g/mol. The van der Waals surface area contributed by atoms with E-state index in [9.17, 15) is 9.59 Å². The number of thiophene rings is 1. The molecule has 3 aromatic rings. The summed E-state index contributed by atoms with van der Waals surface area (Å²) in [5, 5.41) is 2.09. The van der Waals surface area contributed by atoms with Gasteiger partial charge in [-0.15, -0.1) is 11.3 Å². The van der Waals surface area contributed by atoms with Gasteiger partial charge in [-0.1, -0.05) is 42.3 Å². The minimum Gasteiger partial charge on any atom is -0.491 e. The van der Waals surface area contributed by atoms with E-state index in [1.165, 1.54) is 10.4 Å². The lowest BCUT2D eigenvalue weighted by molar-refractivity contribution is -0.135. The second-order valence-electron chi connectivity index (χ2n) is 9.32. The van der Waals surface area contributed by atoms with E-state index in [1.54, 1.807) is 16.2 Å². The Labute approximate surface area is 212 Å². The molecule has 6 heteroatoms. The van der Waals surface area contributed by atoms with E-state index < -0.39 is 0 Å². The lowest BCUT2D eigenvalue weighted by atomic mass is 10.00. The Bertz CT molecular complexity index is 1180. The van der Waals surface area contributed by atoms with Crippen LogP contribution >= 0.6 is 11.3 Å². The highest BCUT2D eigenvalue weighted by Gasteiger charge is 2.33. The van der Waals surface area contributed by atoms with Crippen molar-refractivity contribution < 1.29 is 14.3 Å². The molecule has 184 valence electrons. The Balaban J connectivity index is 1.52. The van der Waals surface area contributed by atoms with E-state index in [0.29, 0.717) is 25.3 Å². The molecule has 2 aromatic carbocycles. The summed E-state index contributed by atoms with van der Waals surface area (Å²) in [5.41, 5.74) is 5.16. The van der Waals surface area contributed by atoms with E-state index in [4.69, 9.17) is 4.74 Å². The van der Waals surface area contributed by atoms with Gasteiger partial charge in [0.05, 0.1) is 6.04 Å². The fourth-order valence-corrected chi connectivity index (χ4v) is 5.59. The Morgan fingerprint density at radius 3 is 2.51 bits per heavy atom. The Morgan fingerprint density at radius 1 is 1.06 bits per heavy atom. The van der Waals surface area contributed by atoms with Gasteiger partial charge >= 0.3 is 0 Å². The van der Waals surface area contributed by atoms with Crippen molar-refractivity contribution in [1.82, 2.24) is 9.80 Å². The summed E-state index contributed by atoms with van der Waals surface area (Å²) >= 11 is 1.74. The van der Waals surface area contributed by atoms with Crippen molar-refractivity contribution in [3.8, 4) is 5.75 Å². The van der Waals surface area contributed by atoms with E-state index in [-0.39, 0.29) is 24.4 Å². The van der Waals surface area contributed by atoms with Gasteiger partial charge in [-0.25, -0.2) is 0 Å². The van der Waals surface area contributed by atoms with Crippen LogP contribution in [0.15, 0.2) is 53.9 Å². The van der Waals surface area contributed by atoms with Gasteiger partial charge in [0.1, 0.15) is 18.9 Å². The van der Waals surface area contributed by atoms with Gasteiger partial charge in [-0.2, -0.15) is 0 Å². The molecule has 2 amide bonds. The third kappa shape index (κ3) is 5.76. The van der Waals surface area contributed by atoms with Crippen LogP contribution < -0.4 is 4.74 Å².